The fourth-order valence-corrected chi connectivity index (χ4v) is 2.13. The molecule has 0 aliphatic rings. The predicted molar refractivity (Wildman–Crippen MR) is 79.7 cm³/mol. The molecule has 0 N–H and O–H groups in total. The van der Waals surface area contributed by atoms with E-state index in [1.807, 2.05) is 12.1 Å². The molecule has 2 rings (SSSR count). The summed E-state index contributed by atoms with van der Waals surface area (Å²) in [6, 6.07) is 16.8. The third kappa shape index (κ3) is 2.85. The maximum atomic E-state index is 5.91. The summed E-state index contributed by atoms with van der Waals surface area (Å²) in [5, 5.41) is 0.786. The molecule has 1 atom stereocenters. The summed E-state index contributed by atoms with van der Waals surface area (Å²) in [6.07, 6.45) is 0. The van der Waals surface area contributed by atoms with E-state index in [1.54, 1.807) is 0 Å². The summed E-state index contributed by atoms with van der Waals surface area (Å²) in [5.41, 5.74) is 3.84. The Kier molecular flexibility index (Phi) is 3.93. The van der Waals surface area contributed by atoms with Crippen LogP contribution >= 0.6 is 11.6 Å². The van der Waals surface area contributed by atoms with E-state index >= 15 is 0 Å². The van der Waals surface area contributed by atoms with Gasteiger partial charge in [0.25, 0.3) is 0 Å². The minimum atomic E-state index is 0.387. The van der Waals surface area contributed by atoms with E-state index in [0.29, 0.717) is 5.92 Å². The van der Waals surface area contributed by atoms with Crippen molar-refractivity contribution in [1.29, 1.82) is 0 Å². The van der Waals surface area contributed by atoms with Crippen LogP contribution in [-0.2, 0) is 0 Å². The van der Waals surface area contributed by atoms with E-state index in [2.05, 4.69) is 62.3 Å². The zero-order valence-corrected chi connectivity index (χ0v) is 11.8. The summed E-state index contributed by atoms with van der Waals surface area (Å²) >= 11 is 5.91. The van der Waals surface area contributed by atoms with Crippen LogP contribution in [0.25, 0.3) is 0 Å². The Morgan fingerprint density at radius 2 is 1.28 bits per heavy atom. The van der Waals surface area contributed by atoms with Crippen molar-refractivity contribution in [2.24, 2.45) is 0 Å². The number of halogens is 1. The molecule has 0 saturated carbocycles. The minimum Gasteiger partial charge on any atom is -0.378 e. The van der Waals surface area contributed by atoms with Gasteiger partial charge < -0.3 is 4.90 Å². The fraction of sp³-hybridized carbons (Fsp3) is 0.250. The number of hydrogen-bond acceptors (Lipinski definition) is 1. The third-order valence-corrected chi connectivity index (χ3v) is 3.53. The monoisotopic (exact) mass is 259 g/mol. The first kappa shape index (κ1) is 13.0. The average molecular weight is 260 g/mol. The molecule has 18 heavy (non-hydrogen) atoms. The Labute approximate surface area is 114 Å². The smallest absolute Gasteiger partial charge is 0.0406 e. The Hall–Kier alpha value is -1.47. The lowest BCUT2D eigenvalue weighted by atomic mass is 9.93. The van der Waals surface area contributed by atoms with Crippen LogP contribution in [0.3, 0.4) is 0 Å². The molecule has 1 unspecified atom stereocenters. The minimum absolute atomic E-state index is 0.387. The summed E-state index contributed by atoms with van der Waals surface area (Å²) in [7, 11) is 4.11. The summed E-state index contributed by atoms with van der Waals surface area (Å²) < 4.78 is 0. The van der Waals surface area contributed by atoms with E-state index in [-0.39, 0.29) is 0 Å². The highest BCUT2D eigenvalue weighted by molar-refractivity contribution is 6.30. The Morgan fingerprint density at radius 3 is 1.72 bits per heavy atom. The highest BCUT2D eigenvalue weighted by Crippen LogP contribution is 2.26. The molecule has 1 nitrogen and oxygen atoms in total. The Balaban J connectivity index is 2.23. The van der Waals surface area contributed by atoms with E-state index in [9.17, 15) is 0 Å². The molecule has 0 heterocycles. The summed E-state index contributed by atoms with van der Waals surface area (Å²) in [6.45, 7) is 2.22. The number of anilines is 1. The molecule has 0 aromatic heterocycles. The number of benzene rings is 2. The van der Waals surface area contributed by atoms with Gasteiger partial charge in [-0.2, -0.15) is 0 Å². The molecule has 0 spiro atoms. The van der Waals surface area contributed by atoms with Gasteiger partial charge in [-0.1, -0.05) is 42.8 Å². The molecule has 94 valence electrons. The van der Waals surface area contributed by atoms with Crippen molar-refractivity contribution in [2.45, 2.75) is 12.8 Å². The van der Waals surface area contributed by atoms with E-state index < -0.39 is 0 Å². The van der Waals surface area contributed by atoms with Gasteiger partial charge in [-0.3, -0.25) is 0 Å². The first-order valence-corrected chi connectivity index (χ1v) is 6.48. The molecule has 0 aliphatic heterocycles. The van der Waals surface area contributed by atoms with Crippen molar-refractivity contribution >= 4 is 17.3 Å². The first-order valence-electron chi connectivity index (χ1n) is 6.10. The predicted octanol–water partition coefficient (Wildman–Crippen LogP) is 4.56. The van der Waals surface area contributed by atoms with Gasteiger partial charge in [0.2, 0.25) is 0 Å². The fourth-order valence-electron chi connectivity index (χ4n) is 2.01. The topological polar surface area (TPSA) is 3.24 Å². The van der Waals surface area contributed by atoms with Crippen molar-refractivity contribution in [3.05, 3.63) is 64.7 Å². The second-order valence-electron chi connectivity index (χ2n) is 4.76. The van der Waals surface area contributed by atoms with Crippen molar-refractivity contribution < 1.29 is 0 Å². The summed E-state index contributed by atoms with van der Waals surface area (Å²) in [5.74, 6) is 0.387. The summed E-state index contributed by atoms with van der Waals surface area (Å²) in [4.78, 5) is 2.11. The van der Waals surface area contributed by atoms with Crippen LogP contribution in [0.2, 0.25) is 5.02 Å². The van der Waals surface area contributed by atoms with Crippen LogP contribution in [-0.4, -0.2) is 14.1 Å². The molecule has 0 amide bonds. The molecular weight excluding hydrogens is 242 g/mol. The number of rotatable bonds is 3. The van der Waals surface area contributed by atoms with Crippen LogP contribution in [0.1, 0.15) is 24.0 Å². The van der Waals surface area contributed by atoms with Crippen molar-refractivity contribution in [1.82, 2.24) is 0 Å². The molecule has 0 bridgehead atoms. The lowest BCUT2D eigenvalue weighted by Gasteiger charge is -2.16. The highest BCUT2D eigenvalue weighted by Gasteiger charge is 2.08. The standard InChI is InChI=1S/C16H18ClN/c1-12(13-4-8-15(17)9-5-13)14-6-10-16(11-7-14)18(2)3/h4-12H,1-3H3. The van der Waals surface area contributed by atoms with E-state index in [1.165, 1.54) is 16.8 Å². The second-order valence-corrected chi connectivity index (χ2v) is 5.20. The van der Waals surface area contributed by atoms with E-state index in [4.69, 9.17) is 11.6 Å². The van der Waals surface area contributed by atoms with Crippen molar-refractivity contribution in [3.63, 3.8) is 0 Å². The average Bonchev–Trinajstić information content (AvgIpc) is 2.39. The van der Waals surface area contributed by atoms with Gasteiger partial charge in [0, 0.05) is 30.7 Å². The van der Waals surface area contributed by atoms with Gasteiger partial charge in [-0.05, 0) is 35.4 Å². The maximum Gasteiger partial charge on any atom is 0.0406 e. The van der Waals surface area contributed by atoms with Gasteiger partial charge in [-0.25, -0.2) is 0 Å². The Bertz CT molecular complexity index is 500. The van der Waals surface area contributed by atoms with Crippen molar-refractivity contribution in [3.8, 4) is 0 Å². The molecule has 0 radical (unpaired) electrons. The molecule has 2 heteroatoms. The molecule has 2 aromatic rings. The van der Waals surface area contributed by atoms with Gasteiger partial charge >= 0.3 is 0 Å². The molecule has 0 fully saturated rings. The quantitative estimate of drug-likeness (QED) is 0.781. The van der Waals surface area contributed by atoms with Gasteiger partial charge in [0.1, 0.15) is 0 Å². The molecular formula is C16H18ClN. The maximum absolute atomic E-state index is 5.91. The van der Waals surface area contributed by atoms with Gasteiger partial charge in [0.15, 0.2) is 0 Å². The third-order valence-electron chi connectivity index (χ3n) is 3.28. The highest BCUT2D eigenvalue weighted by atomic mass is 35.5. The zero-order chi connectivity index (χ0) is 13.1. The molecule has 0 saturated heterocycles. The first-order chi connectivity index (χ1) is 8.58. The lowest BCUT2D eigenvalue weighted by Crippen LogP contribution is -2.08. The van der Waals surface area contributed by atoms with Crippen molar-refractivity contribution in [2.75, 3.05) is 19.0 Å². The number of hydrogen-bond donors (Lipinski definition) is 0. The van der Waals surface area contributed by atoms with Crippen LogP contribution in [0, 0.1) is 0 Å². The molecule has 0 aliphatic carbocycles. The van der Waals surface area contributed by atoms with Gasteiger partial charge in [0.05, 0.1) is 0 Å². The normalized spacial score (nSPS) is 12.2. The SMILES string of the molecule is CC(c1ccc(Cl)cc1)c1ccc(N(C)C)cc1. The van der Waals surface area contributed by atoms with Crippen LogP contribution in [0.4, 0.5) is 5.69 Å². The molecule has 2 aromatic carbocycles. The number of nitrogens with zero attached hydrogens (tertiary/aromatic N) is 1. The lowest BCUT2D eigenvalue weighted by molar-refractivity contribution is 0.921. The van der Waals surface area contributed by atoms with Crippen LogP contribution in [0.15, 0.2) is 48.5 Å². The van der Waals surface area contributed by atoms with Crippen LogP contribution in [0.5, 0.6) is 0 Å². The zero-order valence-electron chi connectivity index (χ0n) is 11.0. The Morgan fingerprint density at radius 1 is 0.833 bits per heavy atom. The van der Waals surface area contributed by atoms with E-state index in [0.717, 1.165) is 5.02 Å². The van der Waals surface area contributed by atoms with Gasteiger partial charge in [-0.15, -0.1) is 0 Å². The largest absolute Gasteiger partial charge is 0.378 e. The van der Waals surface area contributed by atoms with Crippen LogP contribution < -0.4 is 4.90 Å². The second kappa shape index (κ2) is 5.45.